The molecule has 0 N–H and O–H groups in total. The fourth-order valence-corrected chi connectivity index (χ4v) is 6.07. The Kier molecular flexibility index (Phi) is 4.35. The van der Waals surface area contributed by atoms with Gasteiger partial charge in [0.15, 0.2) is 0 Å². The van der Waals surface area contributed by atoms with Gasteiger partial charge in [-0.2, -0.15) is 0 Å². The number of ether oxygens (including phenoxy) is 1. The molecule has 0 aliphatic carbocycles. The van der Waals surface area contributed by atoms with E-state index in [1.807, 2.05) is 0 Å². The third-order valence-corrected chi connectivity index (χ3v) is 7.87. The maximum Gasteiger partial charge on any atom is 0.246 e. The highest BCUT2D eigenvalue weighted by Crippen LogP contribution is 2.43. The summed E-state index contributed by atoms with van der Waals surface area (Å²) in [7, 11) is 0. The van der Waals surface area contributed by atoms with E-state index in [4.69, 9.17) is 4.74 Å². The molecule has 0 radical (unpaired) electrons. The summed E-state index contributed by atoms with van der Waals surface area (Å²) in [5.74, 6) is 1.95. The Bertz CT molecular complexity index is 1790. The van der Waals surface area contributed by atoms with Crippen LogP contribution in [0.2, 0.25) is 0 Å². The summed E-state index contributed by atoms with van der Waals surface area (Å²) < 4.78 is 6.73. The van der Waals surface area contributed by atoms with Gasteiger partial charge < -0.3 is 4.74 Å². The third-order valence-electron chi connectivity index (χ3n) is 7.87. The number of fused-ring (bicyclic) bond motifs is 2. The van der Waals surface area contributed by atoms with Gasteiger partial charge in [-0.05, 0) is 68.7 Å². The average molecular weight is 448 g/mol. The quantitative estimate of drug-likeness (QED) is 0.194. The average Bonchev–Trinajstić information content (AvgIpc) is 2.90. The van der Waals surface area contributed by atoms with Gasteiger partial charge >= 0.3 is 0 Å². The van der Waals surface area contributed by atoms with E-state index < -0.39 is 0 Å². The fourth-order valence-electron chi connectivity index (χ4n) is 6.07. The molecule has 0 amide bonds. The predicted molar refractivity (Wildman–Crippen MR) is 151 cm³/mol. The molecular formula is C33H25BO. The SMILES string of the molecule is C/C=C(\C)B1c2ccccc2Oc2c(-c3ccc4ccc5cccc6ccc3c4c56)ccc(C)c21. The molecule has 0 saturated heterocycles. The molecule has 7 rings (SSSR count). The van der Waals surface area contributed by atoms with Crippen LogP contribution in [0.5, 0.6) is 11.5 Å². The first-order valence-electron chi connectivity index (χ1n) is 12.4. The molecule has 2 heteroatoms. The number of rotatable bonds is 2. The minimum absolute atomic E-state index is 0.194. The lowest BCUT2D eigenvalue weighted by Crippen LogP contribution is -2.49. The van der Waals surface area contributed by atoms with Crippen molar-refractivity contribution in [2.24, 2.45) is 0 Å². The van der Waals surface area contributed by atoms with Crippen molar-refractivity contribution in [3.05, 3.63) is 108 Å². The van der Waals surface area contributed by atoms with Gasteiger partial charge in [-0.1, -0.05) is 109 Å². The fraction of sp³-hybridized carbons (Fsp3) is 0.0909. The van der Waals surface area contributed by atoms with Crippen LogP contribution in [-0.4, -0.2) is 6.71 Å². The Hall–Kier alpha value is -4.04. The van der Waals surface area contributed by atoms with E-state index in [-0.39, 0.29) is 6.71 Å². The Labute approximate surface area is 206 Å². The van der Waals surface area contributed by atoms with Gasteiger partial charge in [0.2, 0.25) is 6.71 Å². The summed E-state index contributed by atoms with van der Waals surface area (Å²) in [5.41, 5.74) is 7.52. The van der Waals surface area contributed by atoms with Crippen LogP contribution in [0.25, 0.3) is 43.4 Å². The van der Waals surface area contributed by atoms with Crippen molar-refractivity contribution in [2.45, 2.75) is 20.8 Å². The lowest BCUT2D eigenvalue weighted by atomic mass is 9.34. The van der Waals surface area contributed by atoms with Crippen LogP contribution >= 0.6 is 0 Å². The highest BCUT2D eigenvalue weighted by molar-refractivity contribution is 6.92. The van der Waals surface area contributed by atoms with Crippen LogP contribution < -0.4 is 15.7 Å². The molecule has 1 aliphatic heterocycles. The van der Waals surface area contributed by atoms with Gasteiger partial charge in [0, 0.05) is 5.56 Å². The van der Waals surface area contributed by atoms with Crippen molar-refractivity contribution in [3.8, 4) is 22.6 Å². The van der Waals surface area contributed by atoms with Gasteiger partial charge in [0.05, 0.1) is 0 Å². The zero-order valence-electron chi connectivity index (χ0n) is 20.2. The molecule has 0 fully saturated rings. The van der Waals surface area contributed by atoms with Crippen LogP contribution in [-0.2, 0) is 0 Å². The van der Waals surface area contributed by atoms with Gasteiger partial charge in [-0.15, -0.1) is 0 Å². The third kappa shape index (κ3) is 2.83. The Morgan fingerprint density at radius 2 is 1.40 bits per heavy atom. The van der Waals surface area contributed by atoms with Crippen molar-refractivity contribution < 1.29 is 4.74 Å². The molecule has 0 spiro atoms. The molecular weight excluding hydrogens is 423 g/mol. The van der Waals surface area contributed by atoms with Crippen LogP contribution in [0, 0.1) is 6.92 Å². The molecule has 35 heavy (non-hydrogen) atoms. The Balaban J connectivity index is 1.57. The molecule has 1 heterocycles. The van der Waals surface area contributed by atoms with Crippen LogP contribution in [0.4, 0.5) is 0 Å². The van der Waals surface area contributed by atoms with E-state index in [9.17, 15) is 0 Å². The molecule has 1 nitrogen and oxygen atoms in total. The van der Waals surface area contributed by atoms with Gasteiger partial charge in [-0.25, -0.2) is 0 Å². The first-order chi connectivity index (χ1) is 17.2. The minimum atomic E-state index is 0.194. The van der Waals surface area contributed by atoms with E-state index in [1.165, 1.54) is 59.8 Å². The van der Waals surface area contributed by atoms with Crippen molar-refractivity contribution in [2.75, 3.05) is 0 Å². The summed E-state index contributed by atoms with van der Waals surface area (Å²) in [6.07, 6.45) is 2.23. The second kappa shape index (κ2) is 7.48. The summed E-state index contributed by atoms with van der Waals surface area (Å²) in [6, 6.07) is 33.1. The second-order valence-corrected chi connectivity index (χ2v) is 9.75. The van der Waals surface area contributed by atoms with E-state index >= 15 is 0 Å². The summed E-state index contributed by atoms with van der Waals surface area (Å²) in [5, 5.41) is 7.82. The van der Waals surface area contributed by atoms with Crippen molar-refractivity contribution in [1.29, 1.82) is 0 Å². The predicted octanol–water partition coefficient (Wildman–Crippen LogP) is 7.78. The number of benzene rings is 6. The Morgan fingerprint density at radius 3 is 2.20 bits per heavy atom. The molecule has 1 aliphatic rings. The molecule has 0 saturated carbocycles. The number of aryl methyl sites for hydroxylation is 1. The Morgan fingerprint density at radius 1 is 0.714 bits per heavy atom. The summed E-state index contributed by atoms with van der Waals surface area (Å²) >= 11 is 0. The minimum Gasteiger partial charge on any atom is -0.458 e. The van der Waals surface area contributed by atoms with Crippen molar-refractivity contribution in [3.63, 3.8) is 0 Å². The topological polar surface area (TPSA) is 9.23 Å². The molecule has 166 valence electrons. The van der Waals surface area contributed by atoms with E-state index in [0.29, 0.717) is 0 Å². The molecule has 6 aromatic carbocycles. The van der Waals surface area contributed by atoms with Crippen LogP contribution in [0.3, 0.4) is 0 Å². The number of hydrogen-bond donors (Lipinski definition) is 0. The first kappa shape index (κ1) is 20.3. The van der Waals surface area contributed by atoms with E-state index in [2.05, 4.69) is 118 Å². The van der Waals surface area contributed by atoms with E-state index in [1.54, 1.807) is 0 Å². The molecule has 0 atom stereocenters. The maximum atomic E-state index is 6.73. The molecule has 0 aromatic heterocycles. The molecule has 0 bridgehead atoms. The van der Waals surface area contributed by atoms with Crippen LogP contribution in [0.1, 0.15) is 19.4 Å². The lowest BCUT2D eigenvalue weighted by Gasteiger charge is -2.30. The molecule has 0 unspecified atom stereocenters. The normalized spacial score (nSPS) is 13.3. The zero-order valence-corrected chi connectivity index (χ0v) is 20.2. The summed E-state index contributed by atoms with van der Waals surface area (Å²) in [4.78, 5) is 0. The van der Waals surface area contributed by atoms with Crippen molar-refractivity contribution in [1.82, 2.24) is 0 Å². The molecule has 6 aromatic rings. The summed E-state index contributed by atoms with van der Waals surface area (Å²) in [6.45, 7) is 6.77. The highest BCUT2D eigenvalue weighted by Gasteiger charge is 2.34. The van der Waals surface area contributed by atoms with Gasteiger partial charge in [0.1, 0.15) is 11.5 Å². The second-order valence-electron chi connectivity index (χ2n) is 9.75. The van der Waals surface area contributed by atoms with Gasteiger partial charge in [0.25, 0.3) is 0 Å². The largest absolute Gasteiger partial charge is 0.458 e. The number of para-hydroxylation sites is 1. The highest BCUT2D eigenvalue weighted by atomic mass is 16.5. The number of allylic oxidation sites excluding steroid dienone is 2. The lowest BCUT2D eigenvalue weighted by molar-refractivity contribution is 0.489. The number of hydrogen-bond acceptors (Lipinski definition) is 1. The monoisotopic (exact) mass is 448 g/mol. The maximum absolute atomic E-state index is 6.73. The smallest absolute Gasteiger partial charge is 0.246 e. The van der Waals surface area contributed by atoms with Gasteiger partial charge in [-0.3, -0.25) is 0 Å². The van der Waals surface area contributed by atoms with Crippen molar-refractivity contribution >= 4 is 50.0 Å². The first-order valence-corrected chi connectivity index (χ1v) is 12.4. The van der Waals surface area contributed by atoms with Crippen LogP contribution in [0.15, 0.2) is 103 Å². The zero-order chi connectivity index (χ0) is 23.7. The standard InChI is InChI=1S/C33H25BO/c1-4-21(3)34-28-10-5-6-11-29(28)35-33-27(17-12-20(2)32(33)34)25-18-15-24-14-13-22-8-7-9-23-16-19-26(25)31(24)30(22)23/h4-19H,1-3H3/b21-4+. The van der Waals surface area contributed by atoms with E-state index in [0.717, 1.165) is 17.1 Å².